The summed E-state index contributed by atoms with van der Waals surface area (Å²) in [5.41, 5.74) is 5.65. The third-order valence-corrected chi connectivity index (χ3v) is 3.44. The second kappa shape index (κ2) is 5.25. The first-order valence-corrected chi connectivity index (χ1v) is 5.80. The van der Waals surface area contributed by atoms with E-state index in [0.717, 1.165) is 12.8 Å². The van der Waals surface area contributed by atoms with Crippen molar-refractivity contribution in [3.63, 3.8) is 0 Å². The van der Waals surface area contributed by atoms with E-state index in [2.05, 4.69) is 0 Å². The molecule has 1 heterocycles. The lowest BCUT2D eigenvalue weighted by Crippen LogP contribution is -2.44. The van der Waals surface area contributed by atoms with Crippen molar-refractivity contribution in [1.82, 2.24) is 4.90 Å². The smallest absolute Gasteiger partial charge is 0.343 e. The summed E-state index contributed by atoms with van der Waals surface area (Å²) in [6, 6.07) is 0. The maximum Gasteiger partial charge on any atom is 0.389 e. The molecule has 0 aromatic rings. The molecular formula is C11H19F3N2O. The van der Waals surface area contributed by atoms with Crippen molar-refractivity contribution in [3.05, 3.63) is 0 Å². The zero-order valence-corrected chi connectivity index (χ0v) is 10.0. The zero-order valence-electron chi connectivity index (χ0n) is 10.0. The van der Waals surface area contributed by atoms with Crippen molar-refractivity contribution >= 4 is 5.91 Å². The molecule has 0 unspecified atom stereocenters. The van der Waals surface area contributed by atoms with Gasteiger partial charge < -0.3 is 10.6 Å². The molecule has 0 aromatic carbocycles. The van der Waals surface area contributed by atoms with Crippen LogP contribution in [0, 0.1) is 5.41 Å². The molecule has 6 heteroatoms. The van der Waals surface area contributed by atoms with Gasteiger partial charge >= 0.3 is 6.18 Å². The van der Waals surface area contributed by atoms with Gasteiger partial charge in [-0.15, -0.1) is 0 Å². The number of hydrogen-bond acceptors (Lipinski definition) is 2. The quantitative estimate of drug-likeness (QED) is 0.834. The van der Waals surface area contributed by atoms with Crippen LogP contribution in [0.2, 0.25) is 0 Å². The summed E-state index contributed by atoms with van der Waals surface area (Å²) >= 11 is 0. The first-order valence-electron chi connectivity index (χ1n) is 5.80. The number of piperidine rings is 1. The molecule has 1 rings (SSSR count). The van der Waals surface area contributed by atoms with Crippen LogP contribution in [0.3, 0.4) is 0 Å². The molecule has 2 N–H and O–H groups in total. The van der Waals surface area contributed by atoms with Gasteiger partial charge in [0.2, 0.25) is 5.91 Å². The molecule has 0 aromatic heterocycles. The number of hydrogen-bond donors (Lipinski definition) is 1. The fourth-order valence-electron chi connectivity index (χ4n) is 1.91. The largest absolute Gasteiger partial charge is 0.389 e. The summed E-state index contributed by atoms with van der Waals surface area (Å²) < 4.78 is 35.9. The Balaban J connectivity index is 2.36. The van der Waals surface area contributed by atoms with Gasteiger partial charge in [-0.1, -0.05) is 6.92 Å². The second-order valence-corrected chi connectivity index (χ2v) is 5.01. The van der Waals surface area contributed by atoms with Gasteiger partial charge in [-0.3, -0.25) is 4.79 Å². The molecule has 1 saturated heterocycles. The molecule has 1 fully saturated rings. The van der Waals surface area contributed by atoms with Gasteiger partial charge in [0, 0.05) is 19.5 Å². The van der Waals surface area contributed by atoms with Crippen LogP contribution in [0.1, 0.15) is 32.6 Å². The van der Waals surface area contributed by atoms with Crippen LogP contribution in [0.25, 0.3) is 0 Å². The summed E-state index contributed by atoms with van der Waals surface area (Å²) in [7, 11) is 0. The van der Waals surface area contributed by atoms with Gasteiger partial charge in [0.1, 0.15) is 0 Å². The minimum absolute atomic E-state index is 0.0286. The minimum Gasteiger partial charge on any atom is -0.343 e. The Hall–Kier alpha value is -0.780. The topological polar surface area (TPSA) is 46.3 Å². The lowest BCUT2D eigenvalue weighted by atomic mass is 9.80. The van der Waals surface area contributed by atoms with Gasteiger partial charge in [-0.2, -0.15) is 13.2 Å². The fraction of sp³-hybridized carbons (Fsp3) is 0.909. The minimum atomic E-state index is -4.25. The number of amides is 1. The maximum atomic E-state index is 12.0. The molecule has 17 heavy (non-hydrogen) atoms. The van der Waals surface area contributed by atoms with E-state index in [4.69, 9.17) is 5.73 Å². The van der Waals surface area contributed by atoms with Crippen LogP contribution in [0.5, 0.6) is 0 Å². The zero-order chi connectivity index (χ0) is 13.1. The first-order chi connectivity index (χ1) is 7.76. The summed E-state index contributed by atoms with van der Waals surface area (Å²) in [4.78, 5) is 13.1. The van der Waals surface area contributed by atoms with Crippen molar-refractivity contribution in [2.75, 3.05) is 19.6 Å². The van der Waals surface area contributed by atoms with E-state index in [-0.39, 0.29) is 5.41 Å². The van der Waals surface area contributed by atoms with Crippen molar-refractivity contribution in [2.24, 2.45) is 11.1 Å². The van der Waals surface area contributed by atoms with Gasteiger partial charge in [0.15, 0.2) is 0 Å². The number of rotatable bonds is 3. The maximum absolute atomic E-state index is 12.0. The summed E-state index contributed by atoms with van der Waals surface area (Å²) in [5, 5.41) is 0. The van der Waals surface area contributed by atoms with Crippen molar-refractivity contribution in [3.8, 4) is 0 Å². The van der Waals surface area contributed by atoms with Gasteiger partial charge in [-0.25, -0.2) is 0 Å². The van der Waals surface area contributed by atoms with E-state index >= 15 is 0 Å². The molecule has 1 aliphatic rings. The van der Waals surface area contributed by atoms with Crippen LogP contribution < -0.4 is 5.73 Å². The predicted octanol–water partition coefficient (Wildman–Crippen LogP) is 1.92. The Bertz CT molecular complexity index is 270. The monoisotopic (exact) mass is 252 g/mol. The highest BCUT2D eigenvalue weighted by molar-refractivity contribution is 5.76. The van der Waals surface area contributed by atoms with Crippen LogP contribution >= 0.6 is 0 Å². The molecule has 1 amide bonds. The molecule has 1 aliphatic heterocycles. The van der Waals surface area contributed by atoms with Crippen LogP contribution in [-0.4, -0.2) is 36.6 Å². The average molecular weight is 252 g/mol. The molecule has 100 valence electrons. The Kier molecular flexibility index (Phi) is 4.41. The molecule has 0 saturated carbocycles. The summed E-state index contributed by atoms with van der Waals surface area (Å²) in [6.07, 6.45) is -4.20. The Morgan fingerprint density at radius 1 is 1.35 bits per heavy atom. The summed E-state index contributed by atoms with van der Waals surface area (Å²) in [6.45, 7) is 3.64. The number of alkyl halides is 3. The molecule has 0 spiro atoms. The van der Waals surface area contributed by atoms with Gasteiger partial charge in [0.05, 0.1) is 6.42 Å². The highest BCUT2D eigenvalue weighted by Crippen LogP contribution is 2.30. The highest BCUT2D eigenvalue weighted by Gasteiger charge is 2.33. The Morgan fingerprint density at radius 2 is 1.88 bits per heavy atom. The Morgan fingerprint density at radius 3 is 2.29 bits per heavy atom. The molecule has 3 nitrogen and oxygen atoms in total. The molecule has 0 aliphatic carbocycles. The van der Waals surface area contributed by atoms with Crippen molar-refractivity contribution < 1.29 is 18.0 Å². The number of carbonyl (C=O) groups excluding carboxylic acids is 1. The van der Waals surface area contributed by atoms with Crippen molar-refractivity contribution in [1.29, 1.82) is 0 Å². The van der Waals surface area contributed by atoms with E-state index in [0.29, 0.717) is 19.6 Å². The lowest BCUT2D eigenvalue weighted by Gasteiger charge is -2.38. The van der Waals surface area contributed by atoms with Gasteiger partial charge in [-0.05, 0) is 24.8 Å². The SMILES string of the molecule is CC1(CN)CCN(C(=O)CCC(F)(F)F)CC1. The predicted molar refractivity (Wildman–Crippen MR) is 58.3 cm³/mol. The lowest BCUT2D eigenvalue weighted by molar-refractivity contribution is -0.150. The third-order valence-electron chi connectivity index (χ3n) is 3.44. The Labute approximate surface area is 99.1 Å². The standard InChI is InChI=1S/C11H19F3N2O/c1-10(8-15)4-6-16(7-5-10)9(17)2-3-11(12,13)14/h2-8,15H2,1H3. The summed E-state index contributed by atoms with van der Waals surface area (Å²) in [5.74, 6) is -0.401. The van der Waals surface area contributed by atoms with Crippen LogP contribution in [0.15, 0.2) is 0 Å². The van der Waals surface area contributed by atoms with E-state index in [9.17, 15) is 18.0 Å². The molecule has 0 radical (unpaired) electrons. The van der Waals surface area contributed by atoms with E-state index in [1.807, 2.05) is 6.92 Å². The number of carbonyl (C=O) groups is 1. The number of nitrogens with two attached hydrogens (primary N) is 1. The average Bonchev–Trinajstić information content (AvgIpc) is 2.26. The first kappa shape index (κ1) is 14.3. The normalized spacial score (nSPS) is 20.4. The number of likely N-dealkylation sites (tertiary alicyclic amines) is 1. The molecule has 0 atom stereocenters. The fourth-order valence-corrected chi connectivity index (χ4v) is 1.91. The van der Waals surface area contributed by atoms with Crippen molar-refractivity contribution in [2.45, 2.75) is 38.8 Å². The van der Waals surface area contributed by atoms with Crippen LogP contribution in [-0.2, 0) is 4.79 Å². The van der Waals surface area contributed by atoms with E-state index in [1.165, 1.54) is 4.90 Å². The second-order valence-electron chi connectivity index (χ2n) is 5.01. The number of halogens is 3. The molecule has 0 bridgehead atoms. The van der Waals surface area contributed by atoms with E-state index < -0.39 is 24.9 Å². The third kappa shape index (κ3) is 4.53. The number of nitrogens with zero attached hydrogens (tertiary/aromatic N) is 1. The van der Waals surface area contributed by atoms with E-state index in [1.54, 1.807) is 0 Å². The molecular weight excluding hydrogens is 233 g/mol. The van der Waals surface area contributed by atoms with Gasteiger partial charge in [0.25, 0.3) is 0 Å². The van der Waals surface area contributed by atoms with Crippen LogP contribution in [0.4, 0.5) is 13.2 Å². The highest BCUT2D eigenvalue weighted by atomic mass is 19.4.